The highest BCUT2D eigenvalue weighted by Crippen LogP contribution is 2.19. The number of carbonyl (C=O) groups is 2. The van der Waals surface area contributed by atoms with E-state index in [2.05, 4.69) is 10.6 Å². The summed E-state index contributed by atoms with van der Waals surface area (Å²) in [5.74, 6) is -0.0686. The first-order valence-corrected chi connectivity index (χ1v) is 8.92. The fraction of sp³-hybridized carbons (Fsp3) is 0.350. The third-order valence-corrected chi connectivity index (χ3v) is 4.77. The summed E-state index contributed by atoms with van der Waals surface area (Å²) in [6, 6.07) is 8.81. The molecule has 7 heteroatoms. The van der Waals surface area contributed by atoms with Crippen molar-refractivity contribution in [2.75, 3.05) is 14.2 Å². The van der Waals surface area contributed by atoms with Gasteiger partial charge in [-0.05, 0) is 43.0 Å². The average Bonchev–Trinajstić information content (AvgIpc) is 2.66. The predicted octanol–water partition coefficient (Wildman–Crippen LogP) is 1.55. The van der Waals surface area contributed by atoms with Crippen LogP contribution in [0, 0.1) is 0 Å². The van der Waals surface area contributed by atoms with E-state index in [9.17, 15) is 14.4 Å². The molecule has 3 rings (SSSR count). The van der Waals surface area contributed by atoms with Crippen LogP contribution in [0.4, 0.5) is 0 Å². The van der Waals surface area contributed by atoms with Gasteiger partial charge in [-0.25, -0.2) is 0 Å². The quantitative estimate of drug-likeness (QED) is 0.808. The van der Waals surface area contributed by atoms with Crippen LogP contribution >= 0.6 is 0 Å². The van der Waals surface area contributed by atoms with Crippen molar-refractivity contribution in [2.45, 2.75) is 31.8 Å². The van der Waals surface area contributed by atoms with Gasteiger partial charge in [-0.15, -0.1) is 0 Å². The van der Waals surface area contributed by atoms with Crippen molar-refractivity contribution in [3.63, 3.8) is 0 Å². The summed E-state index contributed by atoms with van der Waals surface area (Å²) in [7, 11) is 3.04. The zero-order valence-electron chi connectivity index (χ0n) is 15.5. The van der Waals surface area contributed by atoms with Gasteiger partial charge in [0.2, 0.25) is 0 Å². The SMILES string of the molecule is CNC(=O)c1cc(C(=O)NC2CCC2)cn(Cc2ccc(OC)cc2)c1=O. The highest BCUT2D eigenvalue weighted by Gasteiger charge is 2.22. The lowest BCUT2D eigenvalue weighted by Crippen LogP contribution is -2.40. The number of amides is 2. The summed E-state index contributed by atoms with van der Waals surface area (Å²) in [5, 5.41) is 5.40. The van der Waals surface area contributed by atoms with E-state index < -0.39 is 11.5 Å². The molecule has 1 aromatic heterocycles. The molecule has 1 aliphatic carbocycles. The number of nitrogens with one attached hydrogen (secondary N) is 2. The van der Waals surface area contributed by atoms with Crippen molar-refractivity contribution < 1.29 is 14.3 Å². The van der Waals surface area contributed by atoms with Gasteiger partial charge in [-0.2, -0.15) is 0 Å². The standard InChI is InChI=1S/C20H23N3O4/c1-21-19(25)17-10-14(18(24)22-15-4-3-5-15)12-23(20(17)26)11-13-6-8-16(27-2)9-7-13/h6-10,12,15H,3-5,11H2,1-2H3,(H,21,25)(H,22,24). The maximum Gasteiger partial charge on any atom is 0.263 e. The summed E-state index contributed by atoms with van der Waals surface area (Å²) >= 11 is 0. The van der Waals surface area contributed by atoms with Crippen LogP contribution in [-0.4, -0.2) is 36.6 Å². The number of benzene rings is 1. The molecule has 1 aromatic carbocycles. The van der Waals surface area contributed by atoms with E-state index >= 15 is 0 Å². The fourth-order valence-electron chi connectivity index (χ4n) is 2.92. The Hall–Kier alpha value is -3.09. The van der Waals surface area contributed by atoms with Gasteiger partial charge >= 0.3 is 0 Å². The van der Waals surface area contributed by atoms with Crippen molar-refractivity contribution >= 4 is 11.8 Å². The first-order valence-electron chi connectivity index (χ1n) is 8.92. The van der Waals surface area contributed by atoms with Gasteiger partial charge in [0.05, 0.1) is 19.2 Å². The largest absolute Gasteiger partial charge is 0.497 e. The number of carbonyl (C=O) groups excluding carboxylic acids is 2. The molecular formula is C20H23N3O4. The molecule has 1 heterocycles. The molecule has 1 saturated carbocycles. The second kappa shape index (κ2) is 8.07. The molecule has 0 radical (unpaired) electrons. The number of hydrogen-bond acceptors (Lipinski definition) is 4. The van der Waals surface area contributed by atoms with E-state index in [0.717, 1.165) is 24.8 Å². The molecule has 7 nitrogen and oxygen atoms in total. The number of pyridine rings is 1. The smallest absolute Gasteiger partial charge is 0.263 e. The minimum Gasteiger partial charge on any atom is -0.497 e. The van der Waals surface area contributed by atoms with Crippen LogP contribution in [0.25, 0.3) is 0 Å². The minimum absolute atomic E-state index is 0.0488. The summed E-state index contributed by atoms with van der Waals surface area (Å²) in [6.45, 7) is 0.247. The van der Waals surface area contributed by atoms with Crippen LogP contribution in [0.3, 0.4) is 0 Å². The Balaban J connectivity index is 1.94. The molecule has 2 amide bonds. The zero-order valence-corrected chi connectivity index (χ0v) is 15.5. The summed E-state index contributed by atoms with van der Waals surface area (Å²) < 4.78 is 6.53. The van der Waals surface area contributed by atoms with Crippen molar-refractivity contribution in [3.05, 3.63) is 63.6 Å². The third kappa shape index (κ3) is 4.19. The van der Waals surface area contributed by atoms with Gasteiger partial charge in [-0.3, -0.25) is 14.4 Å². The van der Waals surface area contributed by atoms with Crippen molar-refractivity contribution in [1.29, 1.82) is 0 Å². The normalized spacial score (nSPS) is 13.6. The summed E-state index contributed by atoms with van der Waals surface area (Å²) in [6.07, 6.45) is 4.53. The molecule has 27 heavy (non-hydrogen) atoms. The minimum atomic E-state index is -0.512. The molecule has 1 aliphatic rings. The fourth-order valence-corrected chi connectivity index (χ4v) is 2.92. The number of rotatable bonds is 6. The highest BCUT2D eigenvalue weighted by atomic mass is 16.5. The van der Waals surface area contributed by atoms with Crippen molar-refractivity contribution in [3.8, 4) is 5.75 Å². The number of ether oxygens (including phenoxy) is 1. The Morgan fingerprint density at radius 3 is 2.44 bits per heavy atom. The molecule has 2 aromatic rings. The monoisotopic (exact) mass is 369 g/mol. The molecule has 0 saturated heterocycles. The Labute approximate surface area is 157 Å². The van der Waals surface area contributed by atoms with Crippen molar-refractivity contribution in [1.82, 2.24) is 15.2 Å². The maximum atomic E-state index is 12.7. The second-order valence-corrected chi connectivity index (χ2v) is 6.60. The van der Waals surface area contributed by atoms with E-state index in [-0.39, 0.29) is 24.1 Å². The average molecular weight is 369 g/mol. The Bertz CT molecular complexity index is 898. The molecule has 0 spiro atoms. The van der Waals surface area contributed by atoms with Gasteiger partial charge < -0.3 is 19.9 Å². The van der Waals surface area contributed by atoms with E-state index in [0.29, 0.717) is 11.3 Å². The van der Waals surface area contributed by atoms with E-state index in [1.165, 1.54) is 23.9 Å². The third-order valence-electron chi connectivity index (χ3n) is 4.77. The van der Waals surface area contributed by atoms with Crippen LogP contribution in [0.1, 0.15) is 45.5 Å². The number of nitrogens with zero attached hydrogens (tertiary/aromatic N) is 1. The van der Waals surface area contributed by atoms with Gasteiger partial charge in [0.1, 0.15) is 11.3 Å². The molecule has 1 fully saturated rings. The van der Waals surface area contributed by atoms with E-state index in [1.54, 1.807) is 19.2 Å². The number of methoxy groups -OCH3 is 1. The molecule has 0 bridgehead atoms. The summed E-state index contributed by atoms with van der Waals surface area (Å²) in [5.41, 5.74) is 0.670. The Morgan fingerprint density at radius 1 is 1.19 bits per heavy atom. The zero-order chi connectivity index (χ0) is 19.4. The molecular weight excluding hydrogens is 346 g/mol. The molecule has 0 unspecified atom stereocenters. The lowest BCUT2D eigenvalue weighted by Gasteiger charge is -2.26. The van der Waals surface area contributed by atoms with Gasteiger partial charge in [0.25, 0.3) is 17.4 Å². The van der Waals surface area contributed by atoms with Crippen LogP contribution in [-0.2, 0) is 6.54 Å². The molecule has 2 N–H and O–H groups in total. The number of aromatic nitrogens is 1. The predicted molar refractivity (Wildman–Crippen MR) is 101 cm³/mol. The Morgan fingerprint density at radius 2 is 1.89 bits per heavy atom. The molecule has 0 atom stereocenters. The van der Waals surface area contributed by atoms with Crippen LogP contribution in [0.15, 0.2) is 41.3 Å². The van der Waals surface area contributed by atoms with Gasteiger partial charge in [-0.1, -0.05) is 12.1 Å². The Kier molecular flexibility index (Phi) is 5.59. The van der Waals surface area contributed by atoms with E-state index in [4.69, 9.17) is 4.74 Å². The van der Waals surface area contributed by atoms with Gasteiger partial charge in [0, 0.05) is 19.3 Å². The maximum absolute atomic E-state index is 12.7. The summed E-state index contributed by atoms with van der Waals surface area (Å²) in [4.78, 5) is 37.4. The topological polar surface area (TPSA) is 89.4 Å². The highest BCUT2D eigenvalue weighted by molar-refractivity contribution is 5.99. The van der Waals surface area contributed by atoms with Crippen LogP contribution < -0.4 is 20.9 Å². The lowest BCUT2D eigenvalue weighted by molar-refractivity contribution is 0.0916. The molecule has 0 aliphatic heterocycles. The van der Waals surface area contributed by atoms with Crippen LogP contribution in [0.5, 0.6) is 5.75 Å². The lowest BCUT2D eigenvalue weighted by atomic mass is 9.93. The van der Waals surface area contributed by atoms with Crippen molar-refractivity contribution in [2.24, 2.45) is 0 Å². The molecule has 142 valence electrons. The van der Waals surface area contributed by atoms with Crippen LogP contribution in [0.2, 0.25) is 0 Å². The first kappa shape index (κ1) is 18.7. The van der Waals surface area contributed by atoms with E-state index in [1.807, 2.05) is 12.1 Å². The van der Waals surface area contributed by atoms with Gasteiger partial charge in [0.15, 0.2) is 0 Å². The first-order chi connectivity index (χ1) is 13.0. The second-order valence-electron chi connectivity index (χ2n) is 6.60. The number of hydrogen-bond donors (Lipinski definition) is 2.